The molecule has 2 aromatic carbocycles. The van der Waals surface area contributed by atoms with Crippen LogP contribution in [-0.2, 0) is 0 Å². The summed E-state index contributed by atoms with van der Waals surface area (Å²) in [6.45, 7) is 3.60. The molecule has 1 heterocycles. The van der Waals surface area contributed by atoms with E-state index in [2.05, 4.69) is 66.1 Å². The molecule has 1 N–H and O–H groups in total. The predicted octanol–water partition coefficient (Wildman–Crippen LogP) is 4.07. The van der Waals surface area contributed by atoms with Crippen molar-refractivity contribution in [3.63, 3.8) is 0 Å². The number of anilines is 1. The van der Waals surface area contributed by atoms with Gasteiger partial charge in [-0.05, 0) is 40.2 Å². The van der Waals surface area contributed by atoms with Crippen molar-refractivity contribution in [2.45, 2.75) is 0 Å². The summed E-state index contributed by atoms with van der Waals surface area (Å²) < 4.78 is 1.56. The molecule has 4 nitrogen and oxygen atoms in total. The van der Waals surface area contributed by atoms with Crippen LogP contribution >= 0.6 is 31.9 Å². The number of phenolic OH excluding ortho intramolecular Hbond substituents is 1. The maximum Gasteiger partial charge on any atom is 0.138 e. The van der Waals surface area contributed by atoms with Gasteiger partial charge in [-0.3, -0.25) is 5.01 Å². The number of rotatable bonds is 3. The second-order valence-electron chi connectivity index (χ2n) is 5.35. The van der Waals surface area contributed by atoms with E-state index in [1.807, 2.05) is 23.2 Å². The Morgan fingerprint density at radius 2 is 1.70 bits per heavy atom. The molecule has 0 aromatic heterocycles. The Bertz CT molecular complexity index is 698. The number of aromatic hydroxyl groups is 1. The predicted molar refractivity (Wildman–Crippen MR) is 101 cm³/mol. The van der Waals surface area contributed by atoms with Crippen LogP contribution in [0.25, 0.3) is 0 Å². The zero-order valence-electron chi connectivity index (χ0n) is 12.5. The molecule has 0 saturated carbocycles. The van der Waals surface area contributed by atoms with Gasteiger partial charge < -0.3 is 10.0 Å². The Hall–Kier alpha value is -1.53. The summed E-state index contributed by atoms with van der Waals surface area (Å²) in [6.07, 6.45) is 1.71. The zero-order valence-corrected chi connectivity index (χ0v) is 15.7. The zero-order chi connectivity index (χ0) is 16.2. The smallest absolute Gasteiger partial charge is 0.138 e. The third-order valence-electron chi connectivity index (χ3n) is 3.80. The van der Waals surface area contributed by atoms with Crippen molar-refractivity contribution in [1.29, 1.82) is 0 Å². The first-order valence-corrected chi connectivity index (χ1v) is 8.99. The highest BCUT2D eigenvalue weighted by Gasteiger charge is 2.15. The molecule has 1 saturated heterocycles. The molecule has 3 rings (SSSR count). The third kappa shape index (κ3) is 4.06. The number of benzene rings is 2. The average Bonchev–Trinajstić information content (AvgIpc) is 2.58. The number of phenols is 1. The molecule has 0 radical (unpaired) electrons. The molecular formula is C17H17Br2N3O. The minimum atomic E-state index is 0.208. The van der Waals surface area contributed by atoms with Gasteiger partial charge in [-0.15, -0.1) is 0 Å². The molecule has 0 unspecified atom stereocenters. The Morgan fingerprint density at radius 3 is 2.39 bits per heavy atom. The monoisotopic (exact) mass is 437 g/mol. The lowest BCUT2D eigenvalue weighted by Crippen LogP contribution is -2.44. The van der Waals surface area contributed by atoms with Crippen LogP contribution in [-0.4, -0.2) is 42.5 Å². The molecule has 0 aliphatic carbocycles. The summed E-state index contributed by atoms with van der Waals surface area (Å²) >= 11 is 6.76. The van der Waals surface area contributed by atoms with Gasteiger partial charge in [-0.1, -0.05) is 34.1 Å². The van der Waals surface area contributed by atoms with E-state index in [0.717, 1.165) is 30.7 Å². The van der Waals surface area contributed by atoms with Crippen LogP contribution in [0.3, 0.4) is 0 Å². The first kappa shape index (κ1) is 16.3. The van der Waals surface area contributed by atoms with Gasteiger partial charge in [0.15, 0.2) is 0 Å². The van der Waals surface area contributed by atoms with Crippen LogP contribution in [0.15, 0.2) is 56.5 Å². The van der Waals surface area contributed by atoms with Crippen molar-refractivity contribution in [2.24, 2.45) is 5.10 Å². The second-order valence-corrected chi connectivity index (χ2v) is 7.12. The van der Waals surface area contributed by atoms with Gasteiger partial charge in [-0.2, -0.15) is 5.10 Å². The highest BCUT2D eigenvalue weighted by Crippen LogP contribution is 2.30. The fourth-order valence-electron chi connectivity index (χ4n) is 2.54. The number of hydrazone groups is 1. The van der Waals surface area contributed by atoms with Crippen LogP contribution in [0.5, 0.6) is 5.75 Å². The highest BCUT2D eigenvalue weighted by molar-refractivity contribution is 9.11. The number of hydrogen-bond acceptors (Lipinski definition) is 4. The molecule has 0 amide bonds. The average molecular weight is 439 g/mol. The third-order valence-corrected chi connectivity index (χ3v) is 4.86. The van der Waals surface area contributed by atoms with Crippen LogP contribution < -0.4 is 4.90 Å². The number of para-hydroxylation sites is 1. The number of piperazine rings is 1. The van der Waals surface area contributed by atoms with Crippen molar-refractivity contribution in [2.75, 3.05) is 31.1 Å². The quantitative estimate of drug-likeness (QED) is 0.734. The van der Waals surface area contributed by atoms with E-state index >= 15 is 0 Å². The Labute approximate surface area is 152 Å². The molecule has 1 aliphatic heterocycles. The highest BCUT2D eigenvalue weighted by atomic mass is 79.9. The van der Waals surface area contributed by atoms with Crippen molar-refractivity contribution < 1.29 is 5.11 Å². The second kappa shape index (κ2) is 7.36. The number of halogens is 2. The normalized spacial score (nSPS) is 15.4. The maximum absolute atomic E-state index is 10.1. The van der Waals surface area contributed by atoms with Crippen molar-refractivity contribution in [3.05, 3.63) is 57.0 Å². The summed E-state index contributed by atoms with van der Waals surface area (Å²) in [7, 11) is 0. The summed E-state index contributed by atoms with van der Waals surface area (Å²) in [5.74, 6) is 0.208. The van der Waals surface area contributed by atoms with Crippen molar-refractivity contribution in [3.8, 4) is 5.75 Å². The molecule has 120 valence electrons. The molecule has 0 bridgehead atoms. The fourth-order valence-corrected chi connectivity index (χ4v) is 3.79. The van der Waals surface area contributed by atoms with E-state index in [-0.39, 0.29) is 5.75 Å². The lowest BCUT2D eigenvalue weighted by molar-refractivity contribution is 0.272. The van der Waals surface area contributed by atoms with Gasteiger partial charge >= 0.3 is 0 Å². The standard InChI is InChI=1S/C17H17Br2N3O/c18-14-10-13(17(23)16(19)11-14)12-20-22-8-6-21(7-9-22)15-4-2-1-3-5-15/h1-5,10-12,23H,6-9H2. The first-order chi connectivity index (χ1) is 11.1. The van der Waals surface area contributed by atoms with E-state index in [1.54, 1.807) is 6.21 Å². The molecular weight excluding hydrogens is 422 g/mol. The van der Waals surface area contributed by atoms with E-state index in [4.69, 9.17) is 0 Å². The SMILES string of the molecule is Oc1c(Br)cc(Br)cc1C=NN1CCN(c2ccccc2)CC1. The lowest BCUT2D eigenvalue weighted by atomic mass is 10.2. The van der Waals surface area contributed by atoms with Gasteiger partial charge in [-0.25, -0.2) is 0 Å². The number of hydrogen-bond donors (Lipinski definition) is 1. The summed E-state index contributed by atoms with van der Waals surface area (Å²) in [6, 6.07) is 14.1. The summed E-state index contributed by atoms with van der Waals surface area (Å²) in [5.41, 5.74) is 1.95. The topological polar surface area (TPSA) is 39.1 Å². The van der Waals surface area contributed by atoms with Gasteiger partial charge in [0.1, 0.15) is 5.75 Å². The minimum Gasteiger partial charge on any atom is -0.506 e. The van der Waals surface area contributed by atoms with E-state index in [9.17, 15) is 5.11 Å². The Balaban J connectivity index is 1.63. The van der Waals surface area contributed by atoms with E-state index < -0.39 is 0 Å². The molecule has 2 aromatic rings. The van der Waals surface area contributed by atoms with Gasteiger partial charge in [0.25, 0.3) is 0 Å². The molecule has 1 aliphatic rings. The molecule has 0 spiro atoms. The van der Waals surface area contributed by atoms with Crippen LogP contribution in [0.2, 0.25) is 0 Å². The van der Waals surface area contributed by atoms with Crippen LogP contribution in [0.4, 0.5) is 5.69 Å². The minimum absolute atomic E-state index is 0.208. The Kier molecular flexibility index (Phi) is 5.23. The lowest BCUT2D eigenvalue weighted by Gasteiger charge is -2.34. The van der Waals surface area contributed by atoms with E-state index in [0.29, 0.717) is 10.0 Å². The van der Waals surface area contributed by atoms with Crippen molar-refractivity contribution >= 4 is 43.8 Å². The van der Waals surface area contributed by atoms with Crippen molar-refractivity contribution in [1.82, 2.24) is 5.01 Å². The fraction of sp³-hybridized carbons (Fsp3) is 0.235. The largest absolute Gasteiger partial charge is 0.506 e. The van der Waals surface area contributed by atoms with Gasteiger partial charge in [0.2, 0.25) is 0 Å². The molecule has 1 fully saturated rings. The van der Waals surface area contributed by atoms with Crippen LogP contribution in [0.1, 0.15) is 5.56 Å². The summed E-state index contributed by atoms with van der Waals surface area (Å²) in [5, 5.41) is 16.6. The molecule has 0 atom stereocenters. The molecule has 23 heavy (non-hydrogen) atoms. The molecule has 6 heteroatoms. The van der Waals surface area contributed by atoms with E-state index in [1.165, 1.54) is 5.69 Å². The maximum atomic E-state index is 10.1. The summed E-state index contributed by atoms with van der Waals surface area (Å²) in [4.78, 5) is 2.36. The van der Waals surface area contributed by atoms with Crippen LogP contribution in [0, 0.1) is 0 Å². The van der Waals surface area contributed by atoms with Gasteiger partial charge in [0, 0.05) is 28.8 Å². The Morgan fingerprint density at radius 1 is 1.00 bits per heavy atom. The van der Waals surface area contributed by atoms with Gasteiger partial charge in [0.05, 0.1) is 23.8 Å². The first-order valence-electron chi connectivity index (χ1n) is 7.40. The number of nitrogens with zero attached hydrogens (tertiary/aromatic N) is 3.